The lowest BCUT2D eigenvalue weighted by atomic mass is 9.79. The van der Waals surface area contributed by atoms with Crippen LogP contribution in [0.3, 0.4) is 0 Å². The van der Waals surface area contributed by atoms with Gasteiger partial charge in [0.15, 0.2) is 6.29 Å². The lowest BCUT2D eigenvalue weighted by Gasteiger charge is -2.42. The van der Waals surface area contributed by atoms with E-state index in [0.29, 0.717) is 22.6 Å². The number of nitrogens with zero attached hydrogens (tertiary/aromatic N) is 3. The number of methoxy groups -OCH3 is 2. The molecule has 0 aliphatic rings. The van der Waals surface area contributed by atoms with Crippen molar-refractivity contribution in [2.75, 3.05) is 20.8 Å². The van der Waals surface area contributed by atoms with E-state index in [1.54, 1.807) is 38.5 Å². The molecule has 0 bridgehead atoms. The second-order valence-electron chi connectivity index (χ2n) is 11.8. The molecule has 2 atom stereocenters. The second-order valence-corrected chi connectivity index (χ2v) is 13.2. The zero-order valence-electron chi connectivity index (χ0n) is 28.8. The fourth-order valence-corrected chi connectivity index (χ4v) is 7.47. The molecule has 2 unspecified atom stereocenters. The SMILES string of the molecule is COc1ccc(C(OC(Cc2ccccc2[N+](=O)[O-])OP(OCCC#N)N(C(C)C)C(C)C)(c2ccccc2)c2ccccc2)c(OC)c1. The van der Waals surface area contributed by atoms with Gasteiger partial charge in [-0.3, -0.25) is 14.6 Å². The van der Waals surface area contributed by atoms with Gasteiger partial charge in [0.25, 0.3) is 14.2 Å². The Morgan fingerprint density at radius 1 is 0.857 bits per heavy atom. The third-order valence-electron chi connectivity index (χ3n) is 7.90. The topological polar surface area (TPSA) is 116 Å². The van der Waals surface area contributed by atoms with Crippen molar-refractivity contribution >= 4 is 14.2 Å². The number of nitro groups is 1. The van der Waals surface area contributed by atoms with Gasteiger partial charge >= 0.3 is 0 Å². The molecule has 0 radical (unpaired) electrons. The van der Waals surface area contributed by atoms with Crippen molar-refractivity contribution in [2.24, 2.45) is 0 Å². The summed E-state index contributed by atoms with van der Waals surface area (Å²) in [6, 6.07) is 33.7. The molecule has 10 nitrogen and oxygen atoms in total. The molecule has 11 heteroatoms. The molecule has 0 aromatic heterocycles. The first kappa shape index (κ1) is 37.5. The quantitative estimate of drug-likeness (QED) is 0.0253. The Kier molecular flexibility index (Phi) is 13.7. The van der Waals surface area contributed by atoms with E-state index in [1.165, 1.54) is 6.07 Å². The van der Waals surface area contributed by atoms with Crippen molar-refractivity contribution in [3.8, 4) is 17.6 Å². The predicted octanol–water partition coefficient (Wildman–Crippen LogP) is 8.78. The highest BCUT2D eigenvalue weighted by molar-refractivity contribution is 7.44. The number of hydrogen-bond donors (Lipinski definition) is 0. The molecule has 4 rings (SSSR count). The van der Waals surface area contributed by atoms with Crippen molar-refractivity contribution in [2.45, 2.75) is 64.5 Å². The first-order valence-corrected chi connectivity index (χ1v) is 17.3. The van der Waals surface area contributed by atoms with E-state index in [2.05, 4.69) is 10.7 Å². The van der Waals surface area contributed by atoms with Crippen LogP contribution in [-0.4, -0.2) is 48.8 Å². The summed E-state index contributed by atoms with van der Waals surface area (Å²) in [5.41, 5.74) is 1.26. The average Bonchev–Trinajstić information content (AvgIpc) is 3.11. The van der Waals surface area contributed by atoms with Crippen molar-refractivity contribution in [3.05, 3.63) is 135 Å². The number of para-hydroxylation sites is 1. The maximum Gasteiger partial charge on any atom is 0.272 e. The van der Waals surface area contributed by atoms with Gasteiger partial charge in [-0.15, -0.1) is 0 Å². The third-order valence-corrected chi connectivity index (χ3v) is 10.0. The smallest absolute Gasteiger partial charge is 0.272 e. The van der Waals surface area contributed by atoms with Crippen LogP contribution in [0.5, 0.6) is 11.5 Å². The summed E-state index contributed by atoms with van der Waals surface area (Å²) in [6.45, 7) is 8.33. The largest absolute Gasteiger partial charge is 0.497 e. The van der Waals surface area contributed by atoms with Crippen LogP contribution in [0.4, 0.5) is 5.69 Å². The molecule has 0 saturated carbocycles. The van der Waals surface area contributed by atoms with E-state index in [-0.39, 0.29) is 37.2 Å². The molecule has 0 heterocycles. The summed E-state index contributed by atoms with van der Waals surface area (Å²) in [7, 11) is 1.36. The summed E-state index contributed by atoms with van der Waals surface area (Å²) in [5, 5.41) is 21.5. The molecule has 0 aliphatic carbocycles. The summed E-state index contributed by atoms with van der Waals surface area (Å²) in [4.78, 5) is 11.8. The summed E-state index contributed by atoms with van der Waals surface area (Å²) in [5.74, 6) is 1.11. The number of nitriles is 1. The van der Waals surface area contributed by atoms with Crippen molar-refractivity contribution < 1.29 is 28.2 Å². The van der Waals surface area contributed by atoms with Gasteiger partial charge in [-0.1, -0.05) is 78.9 Å². The summed E-state index contributed by atoms with van der Waals surface area (Å²) < 4.78 is 34.2. The summed E-state index contributed by atoms with van der Waals surface area (Å²) in [6.07, 6.45) is -0.911. The molecule has 0 spiro atoms. The monoisotopic (exact) mass is 685 g/mol. The van der Waals surface area contributed by atoms with Gasteiger partial charge < -0.3 is 18.7 Å². The second kappa shape index (κ2) is 17.9. The molecule has 0 N–H and O–H groups in total. The van der Waals surface area contributed by atoms with Crippen LogP contribution in [0.15, 0.2) is 103 Å². The van der Waals surface area contributed by atoms with E-state index < -0.39 is 25.3 Å². The minimum Gasteiger partial charge on any atom is -0.497 e. The van der Waals surface area contributed by atoms with Crippen LogP contribution in [0.1, 0.15) is 56.4 Å². The molecule has 4 aromatic rings. The summed E-state index contributed by atoms with van der Waals surface area (Å²) >= 11 is 0. The number of rotatable bonds is 18. The first-order chi connectivity index (χ1) is 23.7. The fraction of sp³-hybridized carbons (Fsp3) is 0.342. The minimum absolute atomic E-state index is 0.00888. The number of benzene rings is 4. The van der Waals surface area contributed by atoms with Crippen LogP contribution in [0.25, 0.3) is 0 Å². The molecule has 0 amide bonds. The van der Waals surface area contributed by atoms with Gasteiger partial charge in [0, 0.05) is 41.8 Å². The maximum atomic E-state index is 12.2. The van der Waals surface area contributed by atoms with Gasteiger partial charge in [-0.05, 0) is 51.0 Å². The Hall–Kier alpha value is -4.36. The van der Waals surface area contributed by atoms with Crippen LogP contribution < -0.4 is 9.47 Å². The highest BCUT2D eigenvalue weighted by atomic mass is 31.2. The maximum absolute atomic E-state index is 12.2. The van der Waals surface area contributed by atoms with E-state index in [1.807, 2.05) is 100 Å². The Labute approximate surface area is 290 Å². The van der Waals surface area contributed by atoms with E-state index >= 15 is 0 Å². The lowest BCUT2D eigenvalue weighted by Crippen LogP contribution is -2.40. The highest BCUT2D eigenvalue weighted by Crippen LogP contribution is 2.51. The molecular weight excluding hydrogens is 641 g/mol. The molecule has 0 saturated heterocycles. The molecular formula is C38H44N3O7P. The van der Waals surface area contributed by atoms with Gasteiger partial charge in [-0.2, -0.15) is 5.26 Å². The van der Waals surface area contributed by atoms with E-state index in [0.717, 1.165) is 11.1 Å². The molecule has 0 fully saturated rings. The van der Waals surface area contributed by atoms with Crippen LogP contribution in [-0.2, 0) is 25.8 Å². The van der Waals surface area contributed by atoms with Crippen molar-refractivity contribution in [1.82, 2.24) is 4.67 Å². The van der Waals surface area contributed by atoms with Gasteiger partial charge in [-0.25, -0.2) is 4.67 Å². The van der Waals surface area contributed by atoms with Crippen LogP contribution in [0, 0.1) is 21.4 Å². The zero-order valence-corrected chi connectivity index (χ0v) is 29.7. The Morgan fingerprint density at radius 2 is 1.45 bits per heavy atom. The Bertz CT molecular complexity index is 1630. The van der Waals surface area contributed by atoms with Crippen molar-refractivity contribution in [1.29, 1.82) is 5.26 Å². The van der Waals surface area contributed by atoms with Crippen molar-refractivity contribution in [3.63, 3.8) is 0 Å². The minimum atomic E-state index is -1.82. The Morgan fingerprint density at radius 3 is 1.98 bits per heavy atom. The highest BCUT2D eigenvalue weighted by Gasteiger charge is 2.44. The molecule has 49 heavy (non-hydrogen) atoms. The number of nitro benzene ring substituents is 1. The zero-order chi connectivity index (χ0) is 35.4. The van der Waals surface area contributed by atoms with Gasteiger partial charge in [0.2, 0.25) is 0 Å². The molecule has 0 aliphatic heterocycles. The number of ether oxygens (including phenoxy) is 3. The number of hydrogen-bond acceptors (Lipinski definition) is 9. The molecule has 4 aromatic carbocycles. The fourth-order valence-electron chi connectivity index (χ4n) is 5.85. The predicted molar refractivity (Wildman–Crippen MR) is 190 cm³/mol. The third kappa shape index (κ3) is 9.01. The normalized spacial score (nSPS) is 12.9. The van der Waals surface area contributed by atoms with Crippen LogP contribution in [0.2, 0.25) is 0 Å². The Balaban J connectivity index is 2.01. The molecule has 258 valence electrons. The van der Waals surface area contributed by atoms with Crippen LogP contribution >= 0.6 is 8.53 Å². The standard InChI is InChI=1S/C38H44N3O7P/c1-28(2)40(29(3)4)49(46-25-15-24-39)48-37(26-30-16-13-14-21-35(30)41(42)43)47-38(31-17-9-7-10-18-31,32-19-11-8-12-20-32)34-23-22-33(44-5)27-36(34)45-6/h7-14,16-23,27-29,37H,15,25-26H2,1-6H3. The van der Waals surface area contributed by atoms with E-state index in [9.17, 15) is 15.4 Å². The van der Waals surface area contributed by atoms with E-state index in [4.69, 9.17) is 23.3 Å². The first-order valence-electron chi connectivity index (χ1n) is 16.1. The lowest BCUT2D eigenvalue weighted by molar-refractivity contribution is -0.385. The average molecular weight is 686 g/mol. The van der Waals surface area contributed by atoms with Gasteiger partial charge in [0.1, 0.15) is 17.1 Å². The van der Waals surface area contributed by atoms with Gasteiger partial charge in [0.05, 0.1) is 38.2 Å².